The minimum Gasteiger partial charge on any atom is -0.268 e. The first-order valence-corrected chi connectivity index (χ1v) is 7.67. The number of benzene rings is 2. The highest BCUT2D eigenvalue weighted by atomic mass is 32.2. The normalized spacial score (nSPS) is 16.5. The van der Waals surface area contributed by atoms with Crippen LogP contribution in [0.4, 0.5) is 18.9 Å². The van der Waals surface area contributed by atoms with E-state index in [2.05, 4.69) is 0 Å². The summed E-state index contributed by atoms with van der Waals surface area (Å²) in [5.41, 5.74) is 0.797. The molecule has 2 nitrogen and oxygen atoms in total. The highest BCUT2D eigenvalue weighted by Gasteiger charge is 2.33. The van der Waals surface area contributed by atoms with E-state index < -0.39 is 23.4 Å². The van der Waals surface area contributed by atoms with E-state index in [9.17, 15) is 18.0 Å². The molecule has 2 aromatic carbocycles. The molecule has 0 aromatic heterocycles. The molecule has 2 aromatic rings. The largest absolute Gasteiger partial charge is 0.270 e. The minimum atomic E-state index is -0.993. The van der Waals surface area contributed by atoms with Gasteiger partial charge in [-0.2, -0.15) is 0 Å². The van der Waals surface area contributed by atoms with Gasteiger partial charge in [0.05, 0.1) is 10.6 Å². The summed E-state index contributed by atoms with van der Waals surface area (Å²) in [6, 6.07) is 8.70. The Hall–Kier alpha value is -2.12. The van der Waals surface area contributed by atoms with E-state index in [1.54, 1.807) is 0 Å². The van der Waals surface area contributed by atoms with E-state index in [-0.39, 0.29) is 9.23 Å². The zero-order chi connectivity index (χ0) is 16.6. The van der Waals surface area contributed by atoms with Gasteiger partial charge >= 0.3 is 0 Å². The number of thioether (sulfide) groups is 1. The van der Waals surface area contributed by atoms with Crippen molar-refractivity contribution < 1.29 is 18.0 Å². The van der Waals surface area contributed by atoms with Crippen LogP contribution in [-0.2, 0) is 4.79 Å². The molecule has 1 saturated heterocycles. The van der Waals surface area contributed by atoms with Gasteiger partial charge in [-0.3, -0.25) is 9.69 Å². The molecule has 23 heavy (non-hydrogen) atoms. The third-order valence-corrected chi connectivity index (χ3v) is 4.42. The summed E-state index contributed by atoms with van der Waals surface area (Å²) in [5.74, 6) is -2.76. The molecular formula is C16H8F3NOS2. The standard InChI is InChI=1S/C16H8F3NOS2/c17-10-2-4-11(5-3-10)20-15(21)14(23-16(20)22)8-9-1-6-12(18)13(19)7-9/h1-8H/b14-8-. The SMILES string of the molecule is O=C1/C(=C/c2ccc(F)c(F)c2)SC(=S)N1c1ccc(F)cc1. The Labute approximate surface area is 139 Å². The maximum atomic E-state index is 13.2. The third-order valence-electron chi connectivity index (χ3n) is 3.12. The number of carbonyl (C=O) groups excluding carboxylic acids is 1. The molecule has 0 atom stereocenters. The molecule has 0 saturated carbocycles. The van der Waals surface area contributed by atoms with Crippen molar-refractivity contribution in [2.24, 2.45) is 0 Å². The quantitative estimate of drug-likeness (QED) is 0.587. The van der Waals surface area contributed by atoms with Gasteiger partial charge in [0.1, 0.15) is 5.82 Å². The highest BCUT2D eigenvalue weighted by molar-refractivity contribution is 8.27. The molecule has 1 fully saturated rings. The van der Waals surface area contributed by atoms with Gasteiger partial charge in [-0.15, -0.1) is 0 Å². The summed E-state index contributed by atoms with van der Waals surface area (Å²) >= 11 is 6.22. The first kappa shape index (κ1) is 15.8. The van der Waals surface area contributed by atoms with Crippen LogP contribution in [0.3, 0.4) is 0 Å². The molecule has 0 aliphatic carbocycles. The Balaban J connectivity index is 1.92. The van der Waals surface area contributed by atoms with Crippen molar-refractivity contribution in [2.75, 3.05) is 4.90 Å². The molecular weight excluding hydrogens is 343 g/mol. The van der Waals surface area contributed by atoms with Gasteiger partial charge in [-0.25, -0.2) is 13.2 Å². The van der Waals surface area contributed by atoms with E-state index in [1.165, 1.54) is 41.3 Å². The lowest BCUT2D eigenvalue weighted by molar-refractivity contribution is -0.113. The summed E-state index contributed by atoms with van der Waals surface area (Å²) in [7, 11) is 0. The van der Waals surface area contributed by atoms with E-state index in [4.69, 9.17) is 12.2 Å². The molecule has 0 radical (unpaired) electrons. The van der Waals surface area contributed by atoms with Gasteiger partial charge in [0.25, 0.3) is 5.91 Å². The first-order chi connectivity index (χ1) is 11.0. The molecule has 0 bridgehead atoms. The second kappa shape index (κ2) is 6.17. The Morgan fingerprint density at radius 3 is 2.35 bits per heavy atom. The van der Waals surface area contributed by atoms with E-state index in [0.29, 0.717) is 11.3 Å². The summed E-state index contributed by atoms with van der Waals surface area (Å²) in [4.78, 5) is 14.0. The van der Waals surface area contributed by atoms with Crippen LogP contribution in [0.5, 0.6) is 0 Å². The number of hydrogen-bond acceptors (Lipinski definition) is 3. The molecule has 3 rings (SSSR count). The van der Waals surface area contributed by atoms with Crippen molar-refractivity contribution in [3.8, 4) is 0 Å². The number of nitrogens with zero attached hydrogens (tertiary/aromatic N) is 1. The van der Waals surface area contributed by atoms with Gasteiger partial charge in [0.15, 0.2) is 16.0 Å². The number of rotatable bonds is 2. The lowest BCUT2D eigenvalue weighted by Gasteiger charge is -2.14. The highest BCUT2D eigenvalue weighted by Crippen LogP contribution is 2.36. The summed E-state index contributed by atoms with van der Waals surface area (Å²) in [6.07, 6.45) is 1.44. The van der Waals surface area contributed by atoms with E-state index in [1.807, 2.05) is 0 Å². The predicted octanol–water partition coefficient (Wildman–Crippen LogP) is 4.51. The topological polar surface area (TPSA) is 20.3 Å². The average molecular weight is 351 g/mol. The van der Waals surface area contributed by atoms with Gasteiger partial charge in [-0.05, 0) is 48.0 Å². The Morgan fingerprint density at radius 1 is 1.00 bits per heavy atom. The third kappa shape index (κ3) is 3.16. The van der Waals surface area contributed by atoms with Crippen LogP contribution in [0.25, 0.3) is 6.08 Å². The number of carbonyl (C=O) groups is 1. The number of amides is 1. The van der Waals surface area contributed by atoms with Gasteiger partial charge in [-0.1, -0.05) is 30.0 Å². The van der Waals surface area contributed by atoms with Crippen molar-refractivity contribution in [3.05, 3.63) is 70.4 Å². The zero-order valence-corrected chi connectivity index (χ0v) is 13.1. The second-order valence-corrected chi connectivity index (χ2v) is 6.34. The van der Waals surface area contributed by atoms with Gasteiger partial charge in [0, 0.05) is 0 Å². The van der Waals surface area contributed by atoms with Gasteiger partial charge < -0.3 is 0 Å². The number of halogens is 3. The van der Waals surface area contributed by atoms with Crippen molar-refractivity contribution in [2.45, 2.75) is 0 Å². The Bertz CT molecular complexity index is 834. The van der Waals surface area contributed by atoms with Crippen LogP contribution in [0.2, 0.25) is 0 Å². The molecule has 0 unspecified atom stereocenters. The smallest absolute Gasteiger partial charge is 0.268 e. The Kier molecular flexibility index (Phi) is 4.23. The van der Waals surface area contributed by atoms with Crippen molar-refractivity contribution in [1.82, 2.24) is 0 Å². The number of thiocarbonyl (C=S) groups is 1. The zero-order valence-electron chi connectivity index (χ0n) is 11.4. The molecule has 116 valence electrons. The fourth-order valence-electron chi connectivity index (χ4n) is 2.03. The second-order valence-electron chi connectivity index (χ2n) is 4.67. The van der Waals surface area contributed by atoms with Crippen LogP contribution in [-0.4, -0.2) is 10.2 Å². The fraction of sp³-hybridized carbons (Fsp3) is 0. The number of anilines is 1. The van der Waals surface area contributed by atoms with Crippen molar-refractivity contribution in [3.63, 3.8) is 0 Å². The van der Waals surface area contributed by atoms with Gasteiger partial charge in [0.2, 0.25) is 0 Å². The molecule has 0 spiro atoms. The summed E-state index contributed by atoms with van der Waals surface area (Å²) in [6.45, 7) is 0. The first-order valence-electron chi connectivity index (χ1n) is 6.44. The molecule has 7 heteroatoms. The van der Waals surface area contributed by atoms with Crippen molar-refractivity contribution >= 4 is 46.0 Å². The van der Waals surface area contributed by atoms with E-state index in [0.717, 1.165) is 23.9 Å². The molecule has 1 aliphatic rings. The van der Waals surface area contributed by atoms with Crippen LogP contribution < -0.4 is 4.90 Å². The van der Waals surface area contributed by atoms with Crippen LogP contribution in [0.1, 0.15) is 5.56 Å². The number of hydrogen-bond donors (Lipinski definition) is 0. The predicted molar refractivity (Wildman–Crippen MR) is 88.4 cm³/mol. The lowest BCUT2D eigenvalue weighted by Crippen LogP contribution is -2.27. The summed E-state index contributed by atoms with van der Waals surface area (Å²) in [5, 5.41) is 0. The summed E-state index contributed by atoms with van der Waals surface area (Å²) < 4.78 is 39.4. The monoisotopic (exact) mass is 351 g/mol. The minimum absolute atomic E-state index is 0.283. The lowest BCUT2D eigenvalue weighted by atomic mass is 10.2. The maximum absolute atomic E-state index is 13.2. The molecule has 1 aliphatic heterocycles. The fourth-order valence-corrected chi connectivity index (χ4v) is 3.33. The van der Waals surface area contributed by atoms with Crippen LogP contribution in [0.15, 0.2) is 47.4 Å². The Morgan fingerprint density at radius 2 is 1.70 bits per heavy atom. The van der Waals surface area contributed by atoms with Crippen LogP contribution >= 0.6 is 24.0 Å². The van der Waals surface area contributed by atoms with Crippen molar-refractivity contribution in [1.29, 1.82) is 0 Å². The molecule has 1 heterocycles. The molecule has 1 amide bonds. The molecule has 0 N–H and O–H groups in total. The average Bonchev–Trinajstić information content (AvgIpc) is 2.79. The maximum Gasteiger partial charge on any atom is 0.270 e. The van der Waals surface area contributed by atoms with Crippen LogP contribution in [0, 0.1) is 17.5 Å². The van der Waals surface area contributed by atoms with E-state index >= 15 is 0 Å².